The number of hydrogen-bond donors (Lipinski definition) is 1. The third-order valence-corrected chi connectivity index (χ3v) is 4.99. The van der Waals surface area contributed by atoms with E-state index in [4.69, 9.17) is 38.1 Å². The van der Waals surface area contributed by atoms with Gasteiger partial charge in [-0.2, -0.15) is 5.26 Å². The highest BCUT2D eigenvalue weighted by Crippen LogP contribution is 2.44. The van der Waals surface area contributed by atoms with Gasteiger partial charge in [-0.05, 0) is 29.8 Å². The minimum absolute atomic E-state index is 0.0631. The molecular weight excluding hydrogens is 375 g/mol. The van der Waals surface area contributed by atoms with Crippen LogP contribution in [0.3, 0.4) is 0 Å². The summed E-state index contributed by atoms with van der Waals surface area (Å²) in [5, 5.41) is 10.8. The van der Waals surface area contributed by atoms with E-state index in [0.717, 1.165) is 0 Å². The van der Waals surface area contributed by atoms with Crippen LogP contribution < -0.4 is 16.1 Å². The van der Waals surface area contributed by atoms with E-state index < -0.39 is 11.5 Å². The van der Waals surface area contributed by atoms with Crippen molar-refractivity contribution in [2.24, 2.45) is 5.73 Å². The molecule has 5 nitrogen and oxygen atoms in total. The Balaban J connectivity index is 2.08. The molecule has 0 amide bonds. The van der Waals surface area contributed by atoms with Gasteiger partial charge in [0.05, 0.1) is 26.9 Å². The molecule has 0 saturated carbocycles. The zero-order valence-corrected chi connectivity index (χ0v) is 14.6. The van der Waals surface area contributed by atoms with Crippen molar-refractivity contribution < 1.29 is 9.15 Å². The van der Waals surface area contributed by atoms with Gasteiger partial charge in [0.1, 0.15) is 17.2 Å². The zero-order valence-electron chi connectivity index (χ0n) is 13.1. The van der Waals surface area contributed by atoms with E-state index in [0.29, 0.717) is 26.6 Å². The lowest BCUT2D eigenvalue weighted by Crippen LogP contribution is -2.26. The number of ether oxygens (including phenoxy) is 1. The Morgan fingerprint density at radius 2 is 1.88 bits per heavy atom. The van der Waals surface area contributed by atoms with Crippen molar-refractivity contribution in [1.29, 1.82) is 5.26 Å². The summed E-state index contributed by atoms with van der Waals surface area (Å²) in [6.45, 7) is 0. The highest BCUT2D eigenvalue weighted by atomic mass is 35.5. The maximum Gasteiger partial charge on any atom is 0.344 e. The first kappa shape index (κ1) is 16.5. The number of benzene rings is 2. The number of nitrogens with two attached hydrogens (primary N) is 1. The minimum Gasteiger partial charge on any atom is -0.439 e. The Morgan fingerprint density at radius 1 is 1.12 bits per heavy atom. The van der Waals surface area contributed by atoms with Crippen molar-refractivity contribution in [3.05, 3.63) is 85.5 Å². The molecule has 0 bridgehead atoms. The van der Waals surface area contributed by atoms with Crippen LogP contribution in [0.25, 0.3) is 11.0 Å². The lowest BCUT2D eigenvalue weighted by atomic mass is 9.84. The summed E-state index contributed by atoms with van der Waals surface area (Å²) in [4.78, 5) is 12.7. The van der Waals surface area contributed by atoms with Crippen LogP contribution in [0.2, 0.25) is 10.0 Å². The molecule has 128 valence electrons. The molecule has 0 radical (unpaired) electrons. The number of nitriles is 1. The van der Waals surface area contributed by atoms with Gasteiger partial charge in [0, 0.05) is 0 Å². The van der Waals surface area contributed by atoms with Gasteiger partial charge in [-0.25, -0.2) is 4.79 Å². The van der Waals surface area contributed by atoms with Crippen LogP contribution in [0.5, 0.6) is 5.75 Å². The Bertz CT molecular complexity index is 1190. The molecule has 3 aromatic rings. The standard InChI is InChI=1S/C19H10Cl2N2O3/c20-12-6-5-9(7-13(12)21)15-11(8-22)18(23)26-17-10-3-1-2-4-14(10)25-19(24)16(15)17/h1-7,15H,23H2. The van der Waals surface area contributed by atoms with Crippen LogP contribution in [-0.4, -0.2) is 0 Å². The fraction of sp³-hybridized carbons (Fsp3) is 0.0526. The van der Waals surface area contributed by atoms with Crippen LogP contribution in [0.4, 0.5) is 0 Å². The smallest absolute Gasteiger partial charge is 0.344 e. The molecule has 2 N–H and O–H groups in total. The molecule has 1 aromatic heterocycles. The number of para-hydroxylation sites is 1. The van der Waals surface area contributed by atoms with E-state index in [1.54, 1.807) is 42.5 Å². The van der Waals surface area contributed by atoms with Crippen LogP contribution in [-0.2, 0) is 0 Å². The SMILES string of the molecule is N#CC1=C(N)Oc2c(c(=O)oc3ccccc23)C1c1ccc(Cl)c(Cl)c1. The Hall–Kier alpha value is -2.94. The van der Waals surface area contributed by atoms with Crippen molar-refractivity contribution in [2.45, 2.75) is 5.92 Å². The summed E-state index contributed by atoms with van der Waals surface area (Å²) < 4.78 is 11.1. The highest BCUT2D eigenvalue weighted by Gasteiger charge is 2.35. The molecule has 2 heterocycles. The molecule has 0 fully saturated rings. The van der Waals surface area contributed by atoms with Crippen LogP contribution in [0.15, 0.2) is 63.1 Å². The maximum absolute atomic E-state index is 12.7. The van der Waals surface area contributed by atoms with E-state index in [-0.39, 0.29) is 22.8 Å². The summed E-state index contributed by atoms with van der Waals surface area (Å²) in [5.41, 5.74) is 6.66. The third-order valence-electron chi connectivity index (χ3n) is 4.25. The molecule has 0 aliphatic carbocycles. The second kappa shape index (κ2) is 6.10. The molecule has 1 aliphatic heterocycles. The molecule has 2 aromatic carbocycles. The second-order valence-corrected chi connectivity index (χ2v) is 6.54. The minimum atomic E-state index is -0.764. The van der Waals surface area contributed by atoms with E-state index >= 15 is 0 Å². The maximum atomic E-state index is 12.7. The van der Waals surface area contributed by atoms with Crippen molar-refractivity contribution in [3.8, 4) is 11.8 Å². The lowest BCUT2D eigenvalue weighted by Gasteiger charge is -2.26. The summed E-state index contributed by atoms with van der Waals surface area (Å²) >= 11 is 12.1. The number of rotatable bonds is 1. The first-order chi connectivity index (χ1) is 12.5. The van der Waals surface area contributed by atoms with E-state index in [1.807, 2.05) is 6.07 Å². The summed E-state index contributed by atoms with van der Waals surface area (Å²) in [6, 6.07) is 13.9. The Morgan fingerprint density at radius 3 is 2.62 bits per heavy atom. The highest BCUT2D eigenvalue weighted by molar-refractivity contribution is 6.42. The topological polar surface area (TPSA) is 89.3 Å². The molecule has 1 aliphatic rings. The van der Waals surface area contributed by atoms with E-state index in [2.05, 4.69) is 0 Å². The van der Waals surface area contributed by atoms with Crippen molar-refractivity contribution in [2.75, 3.05) is 0 Å². The van der Waals surface area contributed by atoms with Gasteiger partial charge in [-0.3, -0.25) is 0 Å². The first-order valence-electron chi connectivity index (χ1n) is 7.59. The predicted molar refractivity (Wildman–Crippen MR) is 98.2 cm³/mol. The molecule has 1 atom stereocenters. The molecule has 0 saturated heterocycles. The van der Waals surface area contributed by atoms with Crippen LogP contribution >= 0.6 is 23.2 Å². The largest absolute Gasteiger partial charge is 0.439 e. The normalized spacial score (nSPS) is 16.1. The average molecular weight is 385 g/mol. The van der Waals surface area contributed by atoms with E-state index in [9.17, 15) is 10.1 Å². The Kier molecular flexibility index (Phi) is 3.87. The Labute approximate surface area is 157 Å². The molecule has 26 heavy (non-hydrogen) atoms. The van der Waals surface area contributed by atoms with E-state index in [1.165, 1.54) is 0 Å². The van der Waals surface area contributed by atoms with Crippen LogP contribution in [0, 0.1) is 11.3 Å². The molecular formula is C19H10Cl2N2O3. The number of hydrogen-bond acceptors (Lipinski definition) is 5. The molecule has 7 heteroatoms. The monoisotopic (exact) mass is 384 g/mol. The number of fused-ring (bicyclic) bond motifs is 3. The van der Waals surface area contributed by atoms with Gasteiger partial charge in [-0.15, -0.1) is 0 Å². The van der Waals surface area contributed by atoms with Crippen molar-refractivity contribution in [3.63, 3.8) is 0 Å². The molecule has 4 rings (SSSR count). The van der Waals surface area contributed by atoms with Crippen LogP contribution in [0.1, 0.15) is 17.0 Å². The van der Waals surface area contributed by atoms with Gasteiger partial charge in [0.2, 0.25) is 5.88 Å². The first-order valence-corrected chi connectivity index (χ1v) is 8.35. The summed E-state index contributed by atoms with van der Waals surface area (Å²) in [6.07, 6.45) is 0. The number of nitrogens with zero attached hydrogens (tertiary/aromatic N) is 1. The van der Waals surface area contributed by atoms with Crippen molar-refractivity contribution >= 4 is 34.2 Å². The second-order valence-electron chi connectivity index (χ2n) is 5.73. The van der Waals surface area contributed by atoms with Gasteiger partial charge in [-0.1, -0.05) is 41.4 Å². The fourth-order valence-electron chi connectivity index (χ4n) is 3.09. The summed E-state index contributed by atoms with van der Waals surface area (Å²) in [5.74, 6) is -0.546. The molecule has 0 spiro atoms. The predicted octanol–water partition coefficient (Wildman–Crippen LogP) is 4.32. The van der Waals surface area contributed by atoms with Crippen molar-refractivity contribution in [1.82, 2.24) is 0 Å². The summed E-state index contributed by atoms with van der Waals surface area (Å²) in [7, 11) is 0. The lowest BCUT2D eigenvalue weighted by molar-refractivity contribution is 0.388. The molecule has 1 unspecified atom stereocenters. The number of halogens is 2. The fourth-order valence-corrected chi connectivity index (χ4v) is 3.40. The quantitative estimate of drug-likeness (QED) is 0.631. The van der Waals surface area contributed by atoms with Gasteiger partial charge < -0.3 is 14.9 Å². The third kappa shape index (κ3) is 2.43. The zero-order chi connectivity index (χ0) is 18.4. The van der Waals surface area contributed by atoms with Gasteiger partial charge in [0.15, 0.2) is 5.75 Å². The number of allylic oxidation sites excluding steroid dienone is 1. The van der Waals surface area contributed by atoms with Gasteiger partial charge >= 0.3 is 5.63 Å². The van der Waals surface area contributed by atoms with Gasteiger partial charge in [0.25, 0.3) is 0 Å². The average Bonchev–Trinajstić information content (AvgIpc) is 2.63.